The highest BCUT2D eigenvalue weighted by molar-refractivity contribution is 7.89. The van der Waals surface area contributed by atoms with Crippen LogP contribution in [0.3, 0.4) is 0 Å². The van der Waals surface area contributed by atoms with E-state index in [1.54, 1.807) is 25.4 Å². The van der Waals surface area contributed by atoms with Crippen LogP contribution in [0.15, 0.2) is 53.4 Å². The number of sulfonamides is 1. The number of nitrogens with zero attached hydrogens (tertiary/aromatic N) is 2. The number of furan rings is 1. The van der Waals surface area contributed by atoms with Crippen LogP contribution in [-0.4, -0.2) is 23.7 Å². The van der Waals surface area contributed by atoms with E-state index >= 15 is 0 Å². The number of para-hydroxylation sites is 2. The normalized spacial score (nSPS) is 13.5. The Morgan fingerprint density at radius 3 is 2.86 bits per heavy atom. The standard InChI is InChI=1S/C15H17N3O3S/c1-12(15-7-4-9-21-15)17-22(19,20)10-8-18-11-16-13-5-2-3-6-14(13)18/h2-7,9,11-12,17H,8,10H2,1H3/t12-/m0/s1. The molecule has 0 amide bonds. The quantitative estimate of drug-likeness (QED) is 0.756. The van der Waals surface area contributed by atoms with Gasteiger partial charge in [0.2, 0.25) is 10.0 Å². The summed E-state index contributed by atoms with van der Waals surface area (Å²) in [5.41, 5.74) is 1.79. The fraction of sp³-hybridized carbons (Fsp3) is 0.267. The third-order valence-corrected chi connectivity index (χ3v) is 4.89. The molecule has 22 heavy (non-hydrogen) atoms. The van der Waals surface area contributed by atoms with E-state index < -0.39 is 10.0 Å². The minimum atomic E-state index is -3.41. The summed E-state index contributed by atoms with van der Waals surface area (Å²) in [6.45, 7) is 2.10. The van der Waals surface area contributed by atoms with E-state index in [9.17, 15) is 8.42 Å². The summed E-state index contributed by atoms with van der Waals surface area (Å²) in [5.74, 6) is 0.579. The Morgan fingerprint density at radius 1 is 1.27 bits per heavy atom. The summed E-state index contributed by atoms with van der Waals surface area (Å²) in [7, 11) is -3.41. The molecule has 0 saturated heterocycles. The topological polar surface area (TPSA) is 77.1 Å². The van der Waals surface area contributed by atoms with Gasteiger partial charge in [-0.1, -0.05) is 12.1 Å². The Hall–Kier alpha value is -2.12. The van der Waals surface area contributed by atoms with E-state index in [1.165, 1.54) is 6.26 Å². The van der Waals surface area contributed by atoms with Gasteiger partial charge in [0.25, 0.3) is 0 Å². The number of rotatable bonds is 6. The lowest BCUT2D eigenvalue weighted by molar-refractivity contribution is 0.459. The molecule has 1 aromatic carbocycles. The molecule has 1 atom stereocenters. The monoisotopic (exact) mass is 319 g/mol. The van der Waals surface area contributed by atoms with Crippen molar-refractivity contribution >= 4 is 21.1 Å². The first kappa shape index (κ1) is 14.8. The second-order valence-electron chi connectivity index (χ2n) is 5.10. The molecule has 3 rings (SSSR count). The first-order valence-electron chi connectivity index (χ1n) is 6.98. The van der Waals surface area contributed by atoms with Gasteiger partial charge in [0, 0.05) is 6.54 Å². The number of fused-ring (bicyclic) bond motifs is 1. The van der Waals surface area contributed by atoms with E-state index in [2.05, 4.69) is 9.71 Å². The lowest BCUT2D eigenvalue weighted by Crippen LogP contribution is -2.30. The van der Waals surface area contributed by atoms with E-state index in [1.807, 2.05) is 28.8 Å². The molecule has 0 bridgehead atoms. The van der Waals surface area contributed by atoms with Gasteiger partial charge in [0.05, 0.1) is 35.4 Å². The maximum atomic E-state index is 12.2. The van der Waals surface area contributed by atoms with Gasteiger partial charge in [0.15, 0.2) is 0 Å². The maximum absolute atomic E-state index is 12.2. The van der Waals surface area contributed by atoms with Crippen LogP contribution < -0.4 is 4.72 Å². The van der Waals surface area contributed by atoms with Crippen LogP contribution in [-0.2, 0) is 16.6 Å². The van der Waals surface area contributed by atoms with Crippen LogP contribution in [0.25, 0.3) is 11.0 Å². The molecule has 0 aliphatic heterocycles. The molecule has 6 nitrogen and oxygen atoms in total. The second-order valence-corrected chi connectivity index (χ2v) is 6.97. The van der Waals surface area contributed by atoms with Crippen LogP contribution in [0.5, 0.6) is 0 Å². The van der Waals surface area contributed by atoms with Gasteiger partial charge < -0.3 is 8.98 Å². The molecule has 0 unspecified atom stereocenters. The van der Waals surface area contributed by atoms with E-state index in [-0.39, 0.29) is 11.8 Å². The van der Waals surface area contributed by atoms with Crippen molar-refractivity contribution < 1.29 is 12.8 Å². The summed E-state index contributed by atoms with van der Waals surface area (Å²) < 4.78 is 34.0. The van der Waals surface area contributed by atoms with Crippen molar-refractivity contribution in [3.8, 4) is 0 Å². The third-order valence-electron chi connectivity index (χ3n) is 3.45. The van der Waals surface area contributed by atoms with Crippen molar-refractivity contribution in [3.63, 3.8) is 0 Å². The molecule has 2 aromatic heterocycles. The van der Waals surface area contributed by atoms with Crippen LogP contribution in [0.1, 0.15) is 18.7 Å². The predicted octanol–water partition coefficient (Wildman–Crippen LogP) is 2.31. The number of aryl methyl sites for hydroxylation is 1. The first-order chi connectivity index (χ1) is 10.6. The minimum absolute atomic E-state index is 0.0155. The lowest BCUT2D eigenvalue weighted by Gasteiger charge is -2.12. The molecule has 7 heteroatoms. The Balaban J connectivity index is 1.67. The first-order valence-corrected chi connectivity index (χ1v) is 8.64. The zero-order chi connectivity index (χ0) is 15.6. The molecular formula is C15H17N3O3S. The number of hydrogen-bond acceptors (Lipinski definition) is 4. The highest BCUT2D eigenvalue weighted by Crippen LogP contribution is 2.15. The molecule has 3 aromatic rings. The number of nitrogens with one attached hydrogen (secondary N) is 1. The summed E-state index contributed by atoms with van der Waals surface area (Å²) in [6.07, 6.45) is 3.19. The molecule has 1 N–H and O–H groups in total. The number of benzene rings is 1. The molecule has 116 valence electrons. The zero-order valence-electron chi connectivity index (χ0n) is 12.1. The molecule has 0 aliphatic rings. The molecule has 0 radical (unpaired) electrons. The van der Waals surface area contributed by atoms with Gasteiger partial charge in [-0.25, -0.2) is 18.1 Å². The highest BCUT2D eigenvalue weighted by atomic mass is 32.2. The van der Waals surface area contributed by atoms with E-state index in [4.69, 9.17) is 4.42 Å². The SMILES string of the molecule is C[C@H](NS(=O)(=O)CCn1cnc2ccccc21)c1ccco1. The summed E-state index contributed by atoms with van der Waals surface area (Å²) in [4.78, 5) is 4.25. The Morgan fingerprint density at radius 2 is 2.09 bits per heavy atom. The minimum Gasteiger partial charge on any atom is -0.468 e. The molecular weight excluding hydrogens is 302 g/mol. The van der Waals surface area contributed by atoms with Gasteiger partial charge in [0.1, 0.15) is 5.76 Å². The van der Waals surface area contributed by atoms with Gasteiger partial charge in [-0.05, 0) is 31.2 Å². The van der Waals surface area contributed by atoms with Gasteiger partial charge in [-0.3, -0.25) is 0 Å². The van der Waals surface area contributed by atoms with E-state index in [0.29, 0.717) is 12.3 Å². The summed E-state index contributed by atoms with van der Waals surface area (Å²) in [5, 5.41) is 0. The number of aromatic nitrogens is 2. The molecule has 0 fully saturated rings. The van der Waals surface area contributed by atoms with Gasteiger partial charge in [-0.2, -0.15) is 0 Å². The third kappa shape index (κ3) is 3.20. The lowest BCUT2D eigenvalue weighted by atomic mass is 10.3. The molecule has 0 aliphatic carbocycles. The van der Waals surface area contributed by atoms with Crippen molar-refractivity contribution in [2.45, 2.75) is 19.5 Å². The van der Waals surface area contributed by atoms with Crippen molar-refractivity contribution in [1.29, 1.82) is 0 Å². The van der Waals surface area contributed by atoms with Crippen molar-refractivity contribution in [2.75, 3.05) is 5.75 Å². The van der Waals surface area contributed by atoms with Crippen LogP contribution in [0, 0.1) is 0 Å². The van der Waals surface area contributed by atoms with Crippen molar-refractivity contribution in [3.05, 3.63) is 54.7 Å². The zero-order valence-corrected chi connectivity index (χ0v) is 13.0. The van der Waals surface area contributed by atoms with Gasteiger partial charge >= 0.3 is 0 Å². The Labute approximate surface area is 128 Å². The average Bonchev–Trinajstić information content (AvgIpc) is 3.15. The smallest absolute Gasteiger partial charge is 0.214 e. The van der Waals surface area contributed by atoms with Crippen molar-refractivity contribution in [2.24, 2.45) is 0 Å². The van der Waals surface area contributed by atoms with Crippen LogP contribution in [0.4, 0.5) is 0 Å². The fourth-order valence-electron chi connectivity index (χ4n) is 2.33. The number of imidazole rings is 1. The largest absolute Gasteiger partial charge is 0.468 e. The second kappa shape index (κ2) is 5.94. The molecule has 2 heterocycles. The summed E-state index contributed by atoms with van der Waals surface area (Å²) in [6, 6.07) is 10.7. The predicted molar refractivity (Wildman–Crippen MR) is 83.8 cm³/mol. The maximum Gasteiger partial charge on any atom is 0.214 e. The molecule has 0 saturated carbocycles. The Kier molecular flexibility index (Phi) is 4.00. The average molecular weight is 319 g/mol. The van der Waals surface area contributed by atoms with Crippen LogP contribution in [0.2, 0.25) is 0 Å². The van der Waals surface area contributed by atoms with E-state index in [0.717, 1.165) is 11.0 Å². The van der Waals surface area contributed by atoms with Crippen LogP contribution >= 0.6 is 0 Å². The summed E-state index contributed by atoms with van der Waals surface area (Å²) >= 11 is 0. The fourth-order valence-corrected chi connectivity index (χ4v) is 3.54. The molecule has 0 spiro atoms. The highest BCUT2D eigenvalue weighted by Gasteiger charge is 2.17. The Bertz CT molecular complexity index is 853. The van der Waals surface area contributed by atoms with Gasteiger partial charge in [-0.15, -0.1) is 0 Å². The van der Waals surface area contributed by atoms with Crippen molar-refractivity contribution in [1.82, 2.24) is 14.3 Å². The number of hydrogen-bond donors (Lipinski definition) is 1.